The molecule has 0 aromatic carbocycles. The maximum Gasteiger partial charge on any atom is 0.339 e. The van der Waals surface area contributed by atoms with Crippen LogP contribution in [0.5, 0.6) is 0 Å². The van der Waals surface area contributed by atoms with Crippen molar-refractivity contribution in [2.24, 2.45) is 0 Å². The number of carboxylic acid groups (broad SMARTS) is 1. The second-order valence-electron chi connectivity index (χ2n) is 2.22. The lowest BCUT2D eigenvalue weighted by atomic mass is 10.2. The molecule has 0 fully saturated rings. The Bertz CT molecular complexity index is 343. The number of hydrogen-bond acceptors (Lipinski definition) is 3. The van der Waals surface area contributed by atoms with Crippen molar-refractivity contribution in [3.63, 3.8) is 0 Å². The number of rotatable bonds is 3. The summed E-state index contributed by atoms with van der Waals surface area (Å²) >= 11 is 0. The minimum Gasteiger partial charge on any atom is -0.478 e. The predicted molar refractivity (Wildman–Crippen MR) is 45.5 cm³/mol. The van der Waals surface area contributed by atoms with Crippen LogP contribution < -0.4 is 0 Å². The first-order chi connectivity index (χ1) is 6.24. The zero-order valence-electron chi connectivity index (χ0n) is 6.60. The first-order valence-corrected chi connectivity index (χ1v) is 3.48. The fourth-order valence-corrected chi connectivity index (χ4v) is 0.744. The van der Waals surface area contributed by atoms with Crippen LogP contribution in [0.1, 0.15) is 5.69 Å². The Balaban J connectivity index is 2.98. The normalized spacial score (nSPS) is 10.9. The van der Waals surface area contributed by atoms with Gasteiger partial charge in [-0.05, 0) is 18.2 Å². The third-order valence-electron chi connectivity index (χ3n) is 1.32. The van der Waals surface area contributed by atoms with Crippen molar-refractivity contribution < 1.29 is 14.7 Å². The summed E-state index contributed by atoms with van der Waals surface area (Å²) in [5.41, 5.74) is -0.0121. The number of aromatic nitrogens is 1. The molecule has 1 aromatic heterocycles. The Morgan fingerprint density at radius 1 is 1.54 bits per heavy atom. The van der Waals surface area contributed by atoms with E-state index in [2.05, 4.69) is 4.98 Å². The third-order valence-corrected chi connectivity index (χ3v) is 1.32. The topological polar surface area (TPSA) is 67.3 Å². The standard InChI is InChI=1S/C9H6NO3/c11-6-7(9(12)13)5-8-3-1-2-4-10-8/h1-5H,(H,12,13)/b7-5+. The quantitative estimate of drug-likeness (QED) is 0.417. The molecule has 1 radical (unpaired) electrons. The van der Waals surface area contributed by atoms with Gasteiger partial charge in [0.15, 0.2) is 0 Å². The number of aliphatic carboxylic acids is 1. The van der Waals surface area contributed by atoms with Crippen LogP contribution >= 0.6 is 0 Å². The molecule has 0 aliphatic rings. The van der Waals surface area contributed by atoms with Crippen LogP contribution in [0, 0.1) is 0 Å². The first-order valence-electron chi connectivity index (χ1n) is 3.48. The maximum atomic E-state index is 10.4. The number of carbonyl (C=O) groups is 1. The fraction of sp³-hybridized carbons (Fsp3) is 0. The first kappa shape index (κ1) is 9.12. The van der Waals surface area contributed by atoms with E-state index in [0.717, 1.165) is 6.08 Å². The summed E-state index contributed by atoms with van der Waals surface area (Å²) in [5, 5.41) is 8.48. The van der Waals surface area contributed by atoms with E-state index in [1.807, 2.05) is 0 Å². The molecular weight excluding hydrogens is 170 g/mol. The smallest absolute Gasteiger partial charge is 0.339 e. The summed E-state index contributed by atoms with van der Waals surface area (Å²) < 4.78 is 0. The molecule has 1 heterocycles. The van der Waals surface area contributed by atoms with Crippen molar-refractivity contribution in [3.8, 4) is 0 Å². The van der Waals surface area contributed by atoms with Gasteiger partial charge in [-0.2, -0.15) is 0 Å². The van der Waals surface area contributed by atoms with Gasteiger partial charge in [-0.25, -0.2) is 4.79 Å². The SMILES string of the molecule is O=[C]/C(=C\c1ccccn1)C(=O)O. The number of hydrogen-bond donors (Lipinski definition) is 1. The largest absolute Gasteiger partial charge is 0.478 e. The molecule has 0 saturated carbocycles. The highest BCUT2D eigenvalue weighted by Crippen LogP contribution is 2.01. The molecule has 65 valence electrons. The molecule has 1 rings (SSSR count). The van der Waals surface area contributed by atoms with Gasteiger partial charge >= 0.3 is 5.97 Å². The Morgan fingerprint density at radius 2 is 2.31 bits per heavy atom. The summed E-state index contributed by atoms with van der Waals surface area (Å²) in [4.78, 5) is 24.4. The van der Waals surface area contributed by atoms with Gasteiger partial charge in [-0.1, -0.05) is 6.07 Å². The van der Waals surface area contributed by atoms with Crippen molar-refractivity contribution in [3.05, 3.63) is 35.7 Å². The molecule has 1 N–H and O–H groups in total. The zero-order valence-corrected chi connectivity index (χ0v) is 6.60. The van der Waals surface area contributed by atoms with E-state index < -0.39 is 11.5 Å². The minimum absolute atomic E-state index is 0.420. The molecule has 0 atom stereocenters. The lowest BCUT2D eigenvalue weighted by molar-refractivity contribution is -0.131. The molecule has 0 aliphatic carbocycles. The van der Waals surface area contributed by atoms with Gasteiger partial charge in [-0.3, -0.25) is 9.78 Å². The van der Waals surface area contributed by atoms with Gasteiger partial charge in [-0.15, -0.1) is 0 Å². The summed E-state index contributed by atoms with van der Waals surface area (Å²) in [7, 11) is 0. The Morgan fingerprint density at radius 3 is 2.77 bits per heavy atom. The van der Waals surface area contributed by atoms with Gasteiger partial charge in [0, 0.05) is 6.20 Å². The zero-order chi connectivity index (χ0) is 9.68. The Kier molecular flexibility index (Phi) is 2.92. The van der Waals surface area contributed by atoms with E-state index >= 15 is 0 Å². The Labute approximate surface area is 74.5 Å². The molecule has 0 aliphatic heterocycles. The molecule has 4 nitrogen and oxygen atoms in total. The number of pyridine rings is 1. The summed E-state index contributed by atoms with van der Waals surface area (Å²) in [6.07, 6.45) is 3.99. The van der Waals surface area contributed by atoms with Crippen LogP contribution in [-0.4, -0.2) is 22.3 Å². The second kappa shape index (κ2) is 4.15. The highest BCUT2D eigenvalue weighted by atomic mass is 16.4. The average Bonchev–Trinajstić information content (AvgIpc) is 2.15. The van der Waals surface area contributed by atoms with Crippen molar-refractivity contribution in [1.82, 2.24) is 4.98 Å². The third kappa shape index (κ3) is 2.52. The van der Waals surface area contributed by atoms with Crippen LogP contribution in [0.3, 0.4) is 0 Å². The predicted octanol–water partition coefficient (Wildman–Crippen LogP) is 0.659. The lowest BCUT2D eigenvalue weighted by Crippen LogP contribution is -2.01. The molecular formula is C9H6NO3. The van der Waals surface area contributed by atoms with Crippen molar-refractivity contribution >= 4 is 18.3 Å². The van der Waals surface area contributed by atoms with Crippen molar-refractivity contribution in [1.29, 1.82) is 0 Å². The van der Waals surface area contributed by atoms with E-state index in [1.54, 1.807) is 18.2 Å². The van der Waals surface area contributed by atoms with Crippen LogP contribution in [0.15, 0.2) is 30.0 Å². The highest BCUT2D eigenvalue weighted by molar-refractivity contribution is 6.10. The number of carbonyl (C=O) groups excluding carboxylic acids is 1. The van der Waals surface area contributed by atoms with Gasteiger partial charge in [0.05, 0.1) is 5.69 Å². The molecule has 0 spiro atoms. The van der Waals surface area contributed by atoms with Crippen LogP contribution in [0.4, 0.5) is 0 Å². The van der Waals surface area contributed by atoms with Crippen molar-refractivity contribution in [2.75, 3.05) is 0 Å². The number of nitrogens with zero attached hydrogens (tertiary/aromatic N) is 1. The monoisotopic (exact) mass is 176 g/mol. The molecule has 0 bridgehead atoms. The van der Waals surface area contributed by atoms with Crippen LogP contribution in [-0.2, 0) is 9.59 Å². The van der Waals surface area contributed by atoms with E-state index in [-0.39, 0.29) is 0 Å². The summed E-state index contributed by atoms with van der Waals surface area (Å²) in [6, 6.07) is 4.99. The average molecular weight is 176 g/mol. The van der Waals surface area contributed by atoms with Crippen LogP contribution in [0.25, 0.3) is 6.08 Å². The fourth-order valence-electron chi connectivity index (χ4n) is 0.744. The molecule has 0 unspecified atom stereocenters. The summed E-state index contributed by atoms with van der Waals surface area (Å²) in [6.45, 7) is 0. The van der Waals surface area contributed by atoms with Gasteiger partial charge in [0.2, 0.25) is 6.29 Å². The highest BCUT2D eigenvalue weighted by Gasteiger charge is 2.06. The molecule has 0 saturated heterocycles. The minimum atomic E-state index is -1.30. The molecule has 1 aromatic rings. The van der Waals surface area contributed by atoms with E-state index in [0.29, 0.717) is 5.69 Å². The van der Waals surface area contributed by atoms with Crippen LogP contribution in [0.2, 0.25) is 0 Å². The van der Waals surface area contributed by atoms with E-state index in [4.69, 9.17) is 5.11 Å². The van der Waals surface area contributed by atoms with Gasteiger partial charge < -0.3 is 5.11 Å². The number of carboxylic acids is 1. The van der Waals surface area contributed by atoms with E-state index in [9.17, 15) is 9.59 Å². The van der Waals surface area contributed by atoms with Gasteiger partial charge in [0.1, 0.15) is 5.57 Å². The summed E-state index contributed by atoms with van der Waals surface area (Å²) in [5.74, 6) is -1.30. The lowest BCUT2D eigenvalue weighted by Gasteiger charge is -1.91. The van der Waals surface area contributed by atoms with Crippen molar-refractivity contribution in [2.45, 2.75) is 0 Å². The second-order valence-corrected chi connectivity index (χ2v) is 2.22. The molecule has 13 heavy (non-hydrogen) atoms. The molecule has 0 amide bonds. The van der Waals surface area contributed by atoms with Gasteiger partial charge in [0.25, 0.3) is 0 Å². The molecule has 4 heteroatoms. The van der Waals surface area contributed by atoms with E-state index in [1.165, 1.54) is 12.5 Å². The Hall–Kier alpha value is -1.97. The maximum absolute atomic E-state index is 10.4.